The standard InChI is InChI=1S/C14H15N3O2/c1-10(7-11-3-2-6-15-8-11)17-14(19)12-4-5-13(18)16-9-12/h2-6,8-10H,7H2,1H3,(H,16,18)(H,17,19). The quantitative estimate of drug-likeness (QED) is 0.862. The summed E-state index contributed by atoms with van der Waals surface area (Å²) >= 11 is 0. The number of aromatic nitrogens is 2. The van der Waals surface area contributed by atoms with Crippen molar-refractivity contribution in [3.63, 3.8) is 0 Å². The van der Waals surface area contributed by atoms with Crippen LogP contribution in [0.5, 0.6) is 0 Å². The number of H-pyrrole nitrogens is 1. The molecule has 0 saturated carbocycles. The highest BCUT2D eigenvalue weighted by Crippen LogP contribution is 2.02. The number of aromatic amines is 1. The molecule has 0 spiro atoms. The Balaban J connectivity index is 1.95. The number of hydrogen-bond donors (Lipinski definition) is 2. The molecule has 1 amide bonds. The van der Waals surface area contributed by atoms with Crippen molar-refractivity contribution < 1.29 is 4.79 Å². The third-order valence-electron chi connectivity index (χ3n) is 2.69. The molecule has 0 saturated heterocycles. The van der Waals surface area contributed by atoms with Crippen molar-refractivity contribution in [1.82, 2.24) is 15.3 Å². The molecule has 98 valence electrons. The Hall–Kier alpha value is -2.43. The van der Waals surface area contributed by atoms with Crippen molar-refractivity contribution in [2.75, 3.05) is 0 Å². The first kappa shape index (κ1) is 13.0. The molecule has 2 rings (SSSR count). The van der Waals surface area contributed by atoms with Gasteiger partial charge in [-0.05, 0) is 31.0 Å². The van der Waals surface area contributed by atoms with Gasteiger partial charge in [0.05, 0.1) is 5.56 Å². The average molecular weight is 257 g/mol. The number of amides is 1. The van der Waals surface area contributed by atoms with Crippen LogP contribution in [0.3, 0.4) is 0 Å². The number of rotatable bonds is 4. The van der Waals surface area contributed by atoms with Gasteiger partial charge in [0.2, 0.25) is 5.56 Å². The van der Waals surface area contributed by atoms with Crippen LogP contribution in [0, 0.1) is 0 Å². The van der Waals surface area contributed by atoms with Crippen LogP contribution in [-0.4, -0.2) is 21.9 Å². The molecule has 1 unspecified atom stereocenters. The Morgan fingerprint density at radius 3 is 2.89 bits per heavy atom. The van der Waals surface area contributed by atoms with E-state index >= 15 is 0 Å². The number of pyridine rings is 2. The molecule has 0 aliphatic rings. The van der Waals surface area contributed by atoms with E-state index in [1.54, 1.807) is 12.4 Å². The summed E-state index contributed by atoms with van der Waals surface area (Å²) in [6.45, 7) is 1.93. The second-order valence-electron chi connectivity index (χ2n) is 4.38. The van der Waals surface area contributed by atoms with Crippen molar-refractivity contribution in [1.29, 1.82) is 0 Å². The third kappa shape index (κ3) is 3.77. The lowest BCUT2D eigenvalue weighted by Crippen LogP contribution is -2.34. The molecule has 5 nitrogen and oxygen atoms in total. The van der Waals surface area contributed by atoms with Gasteiger partial charge < -0.3 is 10.3 Å². The zero-order valence-corrected chi connectivity index (χ0v) is 10.6. The van der Waals surface area contributed by atoms with Crippen molar-refractivity contribution in [2.24, 2.45) is 0 Å². The molecule has 1 atom stereocenters. The molecule has 19 heavy (non-hydrogen) atoms. The molecule has 5 heteroatoms. The summed E-state index contributed by atoms with van der Waals surface area (Å²) in [5.41, 5.74) is 1.29. The molecule has 0 aromatic carbocycles. The molecular formula is C14H15N3O2. The van der Waals surface area contributed by atoms with E-state index in [4.69, 9.17) is 0 Å². The Bertz CT molecular complexity index is 587. The summed E-state index contributed by atoms with van der Waals surface area (Å²) in [4.78, 5) is 29.3. The molecule has 2 aromatic rings. The van der Waals surface area contributed by atoms with Gasteiger partial charge in [0.1, 0.15) is 0 Å². The molecule has 0 radical (unpaired) electrons. The maximum atomic E-state index is 11.9. The van der Waals surface area contributed by atoms with Crippen molar-refractivity contribution >= 4 is 5.91 Å². The monoisotopic (exact) mass is 257 g/mol. The highest BCUT2D eigenvalue weighted by Gasteiger charge is 2.10. The van der Waals surface area contributed by atoms with E-state index in [1.165, 1.54) is 18.3 Å². The van der Waals surface area contributed by atoms with Crippen LogP contribution in [-0.2, 0) is 6.42 Å². The fourth-order valence-electron chi connectivity index (χ4n) is 1.78. The molecule has 0 aliphatic heterocycles. The SMILES string of the molecule is CC(Cc1cccnc1)NC(=O)c1ccc(=O)[nH]c1. The zero-order valence-electron chi connectivity index (χ0n) is 10.6. The minimum absolute atomic E-state index is 0.0105. The maximum absolute atomic E-state index is 11.9. The number of carbonyl (C=O) groups excluding carboxylic acids is 1. The Kier molecular flexibility index (Phi) is 4.07. The zero-order chi connectivity index (χ0) is 13.7. The Morgan fingerprint density at radius 1 is 1.42 bits per heavy atom. The van der Waals surface area contributed by atoms with Gasteiger partial charge >= 0.3 is 0 Å². The largest absolute Gasteiger partial charge is 0.349 e. The van der Waals surface area contributed by atoms with Gasteiger partial charge in [-0.25, -0.2) is 0 Å². The molecular weight excluding hydrogens is 242 g/mol. The van der Waals surface area contributed by atoms with Gasteiger partial charge in [-0.15, -0.1) is 0 Å². The van der Waals surface area contributed by atoms with Crippen LogP contribution in [0.4, 0.5) is 0 Å². The fraction of sp³-hybridized carbons (Fsp3) is 0.214. The van der Waals surface area contributed by atoms with Gasteiger partial charge in [-0.2, -0.15) is 0 Å². The van der Waals surface area contributed by atoms with Gasteiger partial charge in [0.15, 0.2) is 0 Å². The molecule has 0 fully saturated rings. The lowest BCUT2D eigenvalue weighted by molar-refractivity contribution is 0.0939. The maximum Gasteiger partial charge on any atom is 0.252 e. The van der Waals surface area contributed by atoms with E-state index in [-0.39, 0.29) is 17.5 Å². The lowest BCUT2D eigenvalue weighted by Gasteiger charge is -2.13. The summed E-state index contributed by atoms with van der Waals surface area (Å²) < 4.78 is 0. The Labute approximate surface area is 110 Å². The van der Waals surface area contributed by atoms with E-state index in [2.05, 4.69) is 15.3 Å². The van der Waals surface area contributed by atoms with Gasteiger partial charge in [-0.3, -0.25) is 14.6 Å². The van der Waals surface area contributed by atoms with Crippen molar-refractivity contribution in [2.45, 2.75) is 19.4 Å². The summed E-state index contributed by atoms with van der Waals surface area (Å²) in [6, 6.07) is 6.66. The normalized spacial score (nSPS) is 11.8. The lowest BCUT2D eigenvalue weighted by atomic mass is 10.1. The van der Waals surface area contributed by atoms with Crippen LogP contribution in [0.1, 0.15) is 22.8 Å². The first-order chi connectivity index (χ1) is 9.15. The summed E-state index contributed by atoms with van der Waals surface area (Å²) in [7, 11) is 0. The highest BCUT2D eigenvalue weighted by molar-refractivity contribution is 5.93. The van der Waals surface area contributed by atoms with Crippen LogP contribution in [0.15, 0.2) is 47.7 Å². The van der Waals surface area contributed by atoms with Gasteiger partial charge in [0.25, 0.3) is 5.91 Å². The summed E-state index contributed by atoms with van der Waals surface area (Å²) in [5.74, 6) is -0.201. The van der Waals surface area contributed by atoms with E-state index in [0.29, 0.717) is 12.0 Å². The minimum atomic E-state index is -0.222. The predicted octanol–water partition coefficient (Wildman–Crippen LogP) is 1.13. The molecule has 0 bridgehead atoms. The van der Waals surface area contributed by atoms with Gasteiger partial charge in [-0.1, -0.05) is 6.07 Å². The van der Waals surface area contributed by atoms with E-state index in [9.17, 15) is 9.59 Å². The van der Waals surface area contributed by atoms with Crippen LogP contribution in [0.25, 0.3) is 0 Å². The summed E-state index contributed by atoms with van der Waals surface area (Å²) in [6.07, 6.45) is 5.62. The van der Waals surface area contributed by atoms with E-state index in [1.807, 2.05) is 19.1 Å². The average Bonchev–Trinajstić information content (AvgIpc) is 2.40. The van der Waals surface area contributed by atoms with Crippen LogP contribution >= 0.6 is 0 Å². The number of nitrogens with one attached hydrogen (secondary N) is 2. The molecule has 2 heterocycles. The first-order valence-corrected chi connectivity index (χ1v) is 6.03. The summed E-state index contributed by atoms with van der Waals surface area (Å²) in [5, 5.41) is 2.88. The van der Waals surface area contributed by atoms with Crippen molar-refractivity contribution in [3.05, 3.63) is 64.3 Å². The smallest absolute Gasteiger partial charge is 0.252 e. The topological polar surface area (TPSA) is 74.8 Å². The predicted molar refractivity (Wildman–Crippen MR) is 71.9 cm³/mol. The molecule has 2 aromatic heterocycles. The first-order valence-electron chi connectivity index (χ1n) is 6.03. The van der Waals surface area contributed by atoms with Gasteiger partial charge in [0, 0.05) is 30.7 Å². The molecule has 0 aliphatic carbocycles. The third-order valence-corrected chi connectivity index (χ3v) is 2.69. The van der Waals surface area contributed by atoms with Crippen molar-refractivity contribution in [3.8, 4) is 0 Å². The Morgan fingerprint density at radius 2 is 2.26 bits per heavy atom. The molecule has 2 N–H and O–H groups in total. The second-order valence-corrected chi connectivity index (χ2v) is 4.38. The van der Waals surface area contributed by atoms with Crippen LogP contribution in [0.2, 0.25) is 0 Å². The number of hydrogen-bond acceptors (Lipinski definition) is 3. The number of carbonyl (C=O) groups is 1. The van der Waals surface area contributed by atoms with E-state index in [0.717, 1.165) is 5.56 Å². The number of nitrogens with zero attached hydrogens (tertiary/aromatic N) is 1. The highest BCUT2D eigenvalue weighted by atomic mass is 16.2. The van der Waals surface area contributed by atoms with E-state index < -0.39 is 0 Å². The second kappa shape index (κ2) is 5.95. The fourth-order valence-corrected chi connectivity index (χ4v) is 1.78. The minimum Gasteiger partial charge on any atom is -0.349 e. The van der Waals surface area contributed by atoms with Crippen LogP contribution < -0.4 is 10.9 Å².